The summed E-state index contributed by atoms with van der Waals surface area (Å²) in [5.74, 6) is -0.905. The Labute approximate surface area is 126 Å². The summed E-state index contributed by atoms with van der Waals surface area (Å²) >= 11 is 4.67. The molecule has 1 amide bonds. The normalized spacial score (nSPS) is 10.4. The molecule has 1 aromatic carbocycles. The smallest absolute Gasteiger partial charge is 0.325 e. The number of fused-ring (bicyclic) bond motifs is 1. The molecule has 1 aromatic heterocycles. The molecule has 0 saturated carbocycles. The first kappa shape index (κ1) is 15.0. The Morgan fingerprint density at radius 1 is 1.38 bits per heavy atom. The van der Waals surface area contributed by atoms with Crippen molar-refractivity contribution in [3.63, 3.8) is 0 Å². The van der Waals surface area contributed by atoms with Gasteiger partial charge in [-0.25, -0.2) is 0 Å². The van der Waals surface area contributed by atoms with Gasteiger partial charge in [0.2, 0.25) is 0 Å². The maximum Gasteiger partial charge on any atom is 0.325 e. The molecule has 6 nitrogen and oxygen atoms in total. The SMILES string of the molecule is COC(=O)Cn1c(C(=O)NC(N)=S)cc2cc(C)ccc21. The first-order valence-corrected chi connectivity index (χ1v) is 6.60. The average molecular weight is 305 g/mol. The zero-order chi connectivity index (χ0) is 15.6. The second kappa shape index (κ2) is 5.92. The zero-order valence-electron chi connectivity index (χ0n) is 11.7. The van der Waals surface area contributed by atoms with E-state index in [1.165, 1.54) is 7.11 Å². The molecule has 0 radical (unpaired) electrons. The molecule has 3 N–H and O–H groups in total. The second-order valence-corrected chi connectivity index (χ2v) is 5.01. The van der Waals surface area contributed by atoms with Crippen LogP contribution in [0.3, 0.4) is 0 Å². The highest BCUT2D eigenvalue weighted by Crippen LogP contribution is 2.21. The van der Waals surface area contributed by atoms with Crippen LogP contribution in [0, 0.1) is 6.92 Å². The number of nitrogens with two attached hydrogens (primary N) is 1. The minimum absolute atomic E-state index is 0.0663. The van der Waals surface area contributed by atoms with E-state index >= 15 is 0 Å². The number of aryl methyl sites for hydroxylation is 1. The number of ether oxygens (including phenoxy) is 1. The lowest BCUT2D eigenvalue weighted by molar-refractivity contribution is -0.141. The van der Waals surface area contributed by atoms with Gasteiger partial charge in [0.1, 0.15) is 12.2 Å². The van der Waals surface area contributed by atoms with Gasteiger partial charge in [0.15, 0.2) is 5.11 Å². The highest BCUT2D eigenvalue weighted by atomic mass is 32.1. The lowest BCUT2D eigenvalue weighted by Crippen LogP contribution is -2.36. The molecule has 0 unspecified atom stereocenters. The Morgan fingerprint density at radius 3 is 2.71 bits per heavy atom. The van der Waals surface area contributed by atoms with E-state index in [-0.39, 0.29) is 11.7 Å². The summed E-state index contributed by atoms with van der Waals surface area (Å²) in [6, 6.07) is 7.38. The topological polar surface area (TPSA) is 86.3 Å². The number of rotatable bonds is 3. The number of hydrogen-bond acceptors (Lipinski definition) is 4. The van der Waals surface area contributed by atoms with Crippen LogP contribution in [0.2, 0.25) is 0 Å². The van der Waals surface area contributed by atoms with E-state index < -0.39 is 11.9 Å². The first-order chi connectivity index (χ1) is 9.92. The number of benzene rings is 1. The Balaban J connectivity index is 2.56. The van der Waals surface area contributed by atoms with Gasteiger partial charge in [0.05, 0.1) is 7.11 Å². The molecule has 0 saturated heterocycles. The van der Waals surface area contributed by atoms with E-state index in [4.69, 9.17) is 5.73 Å². The summed E-state index contributed by atoms with van der Waals surface area (Å²) < 4.78 is 6.25. The van der Waals surface area contributed by atoms with Crippen molar-refractivity contribution in [1.82, 2.24) is 9.88 Å². The van der Waals surface area contributed by atoms with Crippen LogP contribution in [-0.4, -0.2) is 28.7 Å². The third-order valence-electron chi connectivity index (χ3n) is 3.04. The van der Waals surface area contributed by atoms with Gasteiger partial charge < -0.3 is 15.0 Å². The molecule has 2 rings (SSSR count). The predicted octanol–water partition coefficient (Wildman–Crippen LogP) is 1.10. The van der Waals surface area contributed by atoms with E-state index in [1.807, 2.05) is 25.1 Å². The maximum atomic E-state index is 12.1. The second-order valence-electron chi connectivity index (χ2n) is 4.57. The van der Waals surface area contributed by atoms with Crippen LogP contribution in [0.5, 0.6) is 0 Å². The fourth-order valence-electron chi connectivity index (χ4n) is 2.12. The molecule has 0 atom stereocenters. The number of hydrogen-bond donors (Lipinski definition) is 2. The van der Waals surface area contributed by atoms with Crippen molar-refractivity contribution in [1.29, 1.82) is 0 Å². The fraction of sp³-hybridized carbons (Fsp3) is 0.214. The van der Waals surface area contributed by atoms with Crippen molar-refractivity contribution in [2.75, 3.05) is 7.11 Å². The zero-order valence-corrected chi connectivity index (χ0v) is 12.5. The molecule has 21 heavy (non-hydrogen) atoms. The number of nitrogens with one attached hydrogen (secondary N) is 1. The predicted molar refractivity (Wildman–Crippen MR) is 82.9 cm³/mol. The van der Waals surface area contributed by atoms with Gasteiger partial charge in [-0.3, -0.25) is 14.9 Å². The van der Waals surface area contributed by atoms with E-state index in [0.717, 1.165) is 16.5 Å². The number of methoxy groups -OCH3 is 1. The average Bonchev–Trinajstić information content (AvgIpc) is 2.75. The molecule has 0 aliphatic carbocycles. The van der Waals surface area contributed by atoms with Gasteiger partial charge in [0.25, 0.3) is 5.91 Å². The Hall–Kier alpha value is -2.41. The summed E-state index contributed by atoms with van der Waals surface area (Å²) in [7, 11) is 1.30. The van der Waals surface area contributed by atoms with Crippen LogP contribution in [0.4, 0.5) is 0 Å². The summed E-state index contributed by atoms with van der Waals surface area (Å²) in [6.45, 7) is 1.88. The van der Waals surface area contributed by atoms with E-state index in [0.29, 0.717) is 5.69 Å². The highest BCUT2D eigenvalue weighted by molar-refractivity contribution is 7.80. The van der Waals surface area contributed by atoms with Crippen molar-refractivity contribution >= 4 is 40.1 Å². The van der Waals surface area contributed by atoms with E-state index in [2.05, 4.69) is 22.3 Å². The highest BCUT2D eigenvalue weighted by Gasteiger charge is 2.18. The molecule has 2 aromatic rings. The van der Waals surface area contributed by atoms with Crippen molar-refractivity contribution in [3.05, 3.63) is 35.5 Å². The monoisotopic (exact) mass is 305 g/mol. The van der Waals surface area contributed by atoms with Crippen LogP contribution < -0.4 is 11.1 Å². The van der Waals surface area contributed by atoms with Crippen LogP contribution in [0.25, 0.3) is 10.9 Å². The van der Waals surface area contributed by atoms with E-state index in [1.54, 1.807) is 10.6 Å². The number of nitrogens with zero attached hydrogens (tertiary/aromatic N) is 1. The molecule has 110 valence electrons. The van der Waals surface area contributed by atoms with Crippen LogP contribution in [-0.2, 0) is 16.1 Å². The number of thiocarbonyl (C=S) groups is 1. The molecule has 0 fully saturated rings. The first-order valence-electron chi connectivity index (χ1n) is 6.20. The summed E-state index contributed by atoms with van der Waals surface area (Å²) in [4.78, 5) is 23.7. The van der Waals surface area contributed by atoms with Crippen molar-refractivity contribution < 1.29 is 14.3 Å². The van der Waals surface area contributed by atoms with Gasteiger partial charge >= 0.3 is 5.97 Å². The fourth-order valence-corrected chi connectivity index (χ4v) is 2.21. The molecular weight excluding hydrogens is 290 g/mol. The van der Waals surface area contributed by atoms with Gasteiger partial charge in [-0.15, -0.1) is 0 Å². The molecule has 0 bridgehead atoms. The minimum atomic E-state index is -0.458. The van der Waals surface area contributed by atoms with Crippen molar-refractivity contribution in [2.24, 2.45) is 5.73 Å². The summed E-state index contributed by atoms with van der Waals surface area (Å²) in [5, 5.41) is 3.10. The van der Waals surface area contributed by atoms with Gasteiger partial charge in [-0.05, 0) is 37.3 Å². The number of aromatic nitrogens is 1. The van der Waals surface area contributed by atoms with Gasteiger partial charge in [-0.1, -0.05) is 11.6 Å². The van der Waals surface area contributed by atoms with Crippen LogP contribution in [0.1, 0.15) is 16.1 Å². The summed E-state index contributed by atoms with van der Waals surface area (Å²) in [6.07, 6.45) is 0. The maximum absolute atomic E-state index is 12.1. The lowest BCUT2D eigenvalue weighted by atomic mass is 10.2. The van der Waals surface area contributed by atoms with Crippen molar-refractivity contribution in [3.8, 4) is 0 Å². The number of carbonyl (C=O) groups excluding carboxylic acids is 2. The van der Waals surface area contributed by atoms with Crippen molar-refractivity contribution in [2.45, 2.75) is 13.5 Å². The van der Waals surface area contributed by atoms with Crippen LogP contribution >= 0.6 is 12.2 Å². The number of carbonyl (C=O) groups is 2. The number of amides is 1. The Bertz CT molecular complexity index is 736. The number of esters is 1. The molecule has 1 heterocycles. The quantitative estimate of drug-likeness (QED) is 0.655. The molecule has 0 aliphatic heterocycles. The third kappa shape index (κ3) is 3.19. The van der Waals surface area contributed by atoms with Crippen LogP contribution in [0.15, 0.2) is 24.3 Å². The third-order valence-corrected chi connectivity index (χ3v) is 3.14. The lowest BCUT2D eigenvalue weighted by Gasteiger charge is -2.09. The Kier molecular flexibility index (Phi) is 4.23. The van der Waals surface area contributed by atoms with Gasteiger partial charge in [-0.2, -0.15) is 0 Å². The minimum Gasteiger partial charge on any atom is -0.468 e. The summed E-state index contributed by atoms with van der Waals surface area (Å²) in [5.41, 5.74) is 7.44. The largest absolute Gasteiger partial charge is 0.468 e. The standard InChI is InChI=1S/C14H15N3O3S/c1-8-3-4-10-9(5-8)6-11(13(19)16-14(15)21)17(10)7-12(18)20-2/h3-6H,7H2,1-2H3,(H3,15,16,19,21). The van der Waals surface area contributed by atoms with Gasteiger partial charge in [0, 0.05) is 10.9 Å². The molecule has 0 spiro atoms. The molecule has 0 aliphatic rings. The molecule has 7 heteroatoms. The molecular formula is C14H15N3O3S. The van der Waals surface area contributed by atoms with E-state index in [9.17, 15) is 9.59 Å². The Morgan fingerprint density at radius 2 is 2.10 bits per heavy atom.